The monoisotopic (exact) mass is 278 g/mol. The number of ketones is 2. The van der Waals surface area contributed by atoms with Crippen LogP contribution in [0.2, 0.25) is 0 Å². The van der Waals surface area contributed by atoms with Crippen LogP contribution in [0.25, 0.3) is 11.1 Å². The van der Waals surface area contributed by atoms with Crippen molar-refractivity contribution in [2.24, 2.45) is 0 Å². The fraction of sp³-hybridized carbons (Fsp3) is 0.0588. The van der Waals surface area contributed by atoms with Crippen LogP contribution < -0.4 is 0 Å². The topological polar surface area (TPSA) is 34.1 Å². The summed E-state index contributed by atoms with van der Waals surface area (Å²) in [5.74, 6) is 5.44. The van der Waals surface area contributed by atoms with Crippen LogP contribution in [-0.4, -0.2) is 17.3 Å². The van der Waals surface area contributed by atoms with Gasteiger partial charge in [0.25, 0.3) is 0 Å². The van der Waals surface area contributed by atoms with Gasteiger partial charge in [0, 0.05) is 16.7 Å². The van der Waals surface area contributed by atoms with Crippen molar-refractivity contribution in [1.82, 2.24) is 0 Å². The van der Waals surface area contributed by atoms with E-state index in [2.05, 4.69) is 24.5 Å². The van der Waals surface area contributed by atoms with E-state index in [0.29, 0.717) is 16.9 Å². The van der Waals surface area contributed by atoms with Crippen molar-refractivity contribution in [3.05, 3.63) is 59.2 Å². The molecule has 0 spiro atoms. The van der Waals surface area contributed by atoms with Gasteiger partial charge in [-0.1, -0.05) is 36.1 Å². The van der Waals surface area contributed by atoms with E-state index in [0.717, 1.165) is 16.7 Å². The van der Waals surface area contributed by atoms with Crippen molar-refractivity contribution in [3.63, 3.8) is 0 Å². The molecule has 0 atom stereocenters. The summed E-state index contributed by atoms with van der Waals surface area (Å²) in [6.07, 6.45) is 0. The lowest BCUT2D eigenvalue weighted by Crippen LogP contribution is -2.21. The van der Waals surface area contributed by atoms with Gasteiger partial charge in [0.15, 0.2) is 0 Å². The second kappa shape index (κ2) is 4.99. The minimum absolute atomic E-state index is 0.442. The van der Waals surface area contributed by atoms with Crippen LogP contribution in [0.1, 0.15) is 26.3 Å². The maximum atomic E-state index is 12.1. The SMILES string of the molecule is O=C1C(=O)c2ccc(C#CCS)cc2-c2ccccc21. The first-order valence-electron chi connectivity index (χ1n) is 6.14. The summed E-state index contributed by atoms with van der Waals surface area (Å²) >= 11 is 4.05. The molecule has 96 valence electrons. The molecule has 0 saturated heterocycles. The highest BCUT2D eigenvalue weighted by molar-refractivity contribution is 7.80. The van der Waals surface area contributed by atoms with Crippen LogP contribution in [0.5, 0.6) is 0 Å². The molecule has 0 saturated carbocycles. The number of rotatable bonds is 0. The molecule has 2 nitrogen and oxygen atoms in total. The van der Waals surface area contributed by atoms with Crippen molar-refractivity contribution >= 4 is 24.2 Å². The summed E-state index contributed by atoms with van der Waals surface area (Å²) in [5.41, 5.74) is 3.29. The second-order valence-corrected chi connectivity index (χ2v) is 4.74. The predicted molar refractivity (Wildman–Crippen MR) is 81.3 cm³/mol. The molecule has 3 rings (SSSR count). The van der Waals surface area contributed by atoms with Gasteiger partial charge in [-0.25, -0.2) is 0 Å². The largest absolute Gasteiger partial charge is 0.285 e. The number of fused-ring (bicyclic) bond motifs is 3. The Morgan fingerprint density at radius 2 is 1.50 bits per heavy atom. The van der Waals surface area contributed by atoms with Crippen LogP contribution in [0, 0.1) is 11.8 Å². The summed E-state index contributed by atoms with van der Waals surface area (Å²) in [5, 5.41) is 0. The lowest BCUT2D eigenvalue weighted by atomic mass is 9.83. The van der Waals surface area contributed by atoms with Gasteiger partial charge in [-0.3, -0.25) is 9.59 Å². The van der Waals surface area contributed by atoms with Crippen LogP contribution in [0.3, 0.4) is 0 Å². The van der Waals surface area contributed by atoms with Gasteiger partial charge >= 0.3 is 0 Å². The first-order valence-corrected chi connectivity index (χ1v) is 6.78. The van der Waals surface area contributed by atoms with E-state index in [-0.39, 0.29) is 0 Å². The molecular weight excluding hydrogens is 268 g/mol. The van der Waals surface area contributed by atoms with Crippen LogP contribution in [-0.2, 0) is 0 Å². The van der Waals surface area contributed by atoms with Gasteiger partial charge in [0.05, 0.1) is 5.75 Å². The van der Waals surface area contributed by atoms with Crippen LogP contribution >= 0.6 is 12.6 Å². The third-order valence-corrected chi connectivity index (χ3v) is 3.40. The van der Waals surface area contributed by atoms with Crippen molar-refractivity contribution in [3.8, 4) is 23.0 Å². The molecular formula is C17H10O2S. The van der Waals surface area contributed by atoms with Crippen molar-refractivity contribution < 1.29 is 9.59 Å². The Kier molecular flexibility index (Phi) is 3.17. The summed E-state index contributed by atoms with van der Waals surface area (Å²) in [4.78, 5) is 24.2. The fourth-order valence-corrected chi connectivity index (χ4v) is 2.42. The van der Waals surface area contributed by atoms with Crippen molar-refractivity contribution in [2.75, 3.05) is 5.75 Å². The number of hydrogen-bond acceptors (Lipinski definition) is 3. The molecule has 0 amide bonds. The molecule has 1 aliphatic carbocycles. The molecule has 0 aliphatic heterocycles. The number of benzene rings is 2. The summed E-state index contributed by atoms with van der Waals surface area (Å²) < 4.78 is 0. The van der Waals surface area contributed by atoms with Crippen LogP contribution in [0.4, 0.5) is 0 Å². The smallest absolute Gasteiger partial charge is 0.234 e. The van der Waals surface area contributed by atoms with Gasteiger partial charge in [0.2, 0.25) is 11.6 Å². The van der Waals surface area contributed by atoms with Gasteiger partial charge < -0.3 is 0 Å². The van der Waals surface area contributed by atoms with E-state index in [1.54, 1.807) is 24.3 Å². The molecule has 0 bridgehead atoms. The number of thiol groups is 1. The number of carbonyl (C=O) groups excluding carboxylic acids is 2. The van der Waals surface area contributed by atoms with E-state index >= 15 is 0 Å². The molecule has 0 radical (unpaired) electrons. The Balaban J connectivity index is 2.26. The predicted octanol–water partition coefficient (Wildman–Crippen LogP) is 3.01. The minimum Gasteiger partial charge on any atom is -0.285 e. The molecule has 0 N–H and O–H groups in total. The molecule has 2 aromatic rings. The van der Waals surface area contributed by atoms with Gasteiger partial charge in [0.1, 0.15) is 0 Å². The Hall–Kier alpha value is -2.31. The van der Waals surface area contributed by atoms with E-state index < -0.39 is 11.6 Å². The van der Waals surface area contributed by atoms with E-state index in [4.69, 9.17) is 0 Å². The zero-order valence-corrected chi connectivity index (χ0v) is 11.4. The van der Waals surface area contributed by atoms with E-state index in [1.807, 2.05) is 18.2 Å². The molecule has 0 fully saturated rings. The van der Waals surface area contributed by atoms with Crippen LogP contribution in [0.15, 0.2) is 42.5 Å². The van der Waals surface area contributed by atoms with Gasteiger partial charge in [-0.2, -0.15) is 12.6 Å². The molecule has 20 heavy (non-hydrogen) atoms. The molecule has 1 aliphatic rings. The molecule has 2 aromatic carbocycles. The Bertz CT molecular complexity index is 794. The highest BCUT2D eigenvalue weighted by atomic mass is 32.1. The van der Waals surface area contributed by atoms with E-state index in [1.165, 1.54) is 0 Å². The Morgan fingerprint density at radius 1 is 0.850 bits per heavy atom. The van der Waals surface area contributed by atoms with E-state index in [9.17, 15) is 9.59 Å². The summed E-state index contributed by atoms with van der Waals surface area (Å²) in [6.45, 7) is 0. The molecule has 3 heteroatoms. The highest BCUT2D eigenvalue weighted by Gasteiger charge is 2.29. The number of Topliss-reactive ketones (excluding diaryl/α,β-unsaturated/α-hetero) is 2. The molecule has 0 unspecified atom stereocenters. The summed E-state index contributed by atoms with van der Waals surface area (Å²) in [7, 11) is 0. The number of carbonyl (C=O) groups is 2. The number of hydrogen-bond donors (Lipinski definition) is 1. The first kappa shape index (κ1) is 12.7. The second-order valence-electron chi connectivity index (χ2n) is 4.42. The molecule has 0 heterocycles. The maximum absolute atomic E-state index is 12.1. The molecule has 0 aromatic heterocycles. The van der Waals surface area contributed by atoms with Crippen molar-refractivity contribution in [1.29, 1.82) is 0 Å². The third kappa shape index (κ3) is 1.95. The highest BCUT2D eigenvalue weighted by Crippen LogP contribution is 2.33. The average molecular weight is 278 g/mol. The fourth-order valence-electron chi connectivity index (χ4n) is 2.35. The quantitative estimate of drug-likeness (QED) is 0.456. The summed E-state index contributed by atoms with van der Waals surface area (Å²) in [6, 6.07) is 12.5. The zero-order valence-electron chi connectivity index (χ0n) is 10.5. The minimum atomic E-state index is -0.451. The maximum Gasteiger partial charge on any atom is 0.234 e. The lowest BCUT2D eigenvalue weighted by molar-refractivity contribution is 0.0815. The Morgan fingerprint density at radius 3 is 2.20 bits per heavy atom. The average Bonchev–Trinajstić information content (AvgIpc) is 2.50. The zero-order chi connectivity index (χ0) is 14.1. The standard InChI is InChI=1S/C17H10O2S/c18-16-13-6-2-1-5-12(13)15-10-11(4-3-9-20)7-8-14(15)17(16)19/h1-2,5-8,10,20H,9H2. The van der Waals surface area contributed by atoms with Gasteiger partial charge in [-0.15, -0.1) is 0 Å². The Labute approximate surface area is 122 Å². The van der Waals surface area contributed by atoms with Crippen molar-refractivity contribution in [2.45, 2.75) is 0 Å². The normalized spacial score (nSPS) is 12.2. The lowest BCUT2D eigenvalue weighted by Gasteiger charge is -2.17. The van der Waals surface area contributed by atoms with Gasteiger partial charge in [-0.05, 0) is 29.3 Å². The third-order valence-electron chi connectivity index (χ3n) is 3.24. The first-order chi connectivity index (χ1) is 9.72.